The summed E-state index contributed by atoms with van der Waals surface area (Å²) in [6.45, 7) is 4.17. The predicted molar refractivity (Wildman–Crippen MR) is 117 cm³/mol. The molecule has 0 aliphatic carbocycles. The lowest BCUT2D eigenvalue weighted by Gasteiger charge is -2.11. The van der Waals surface area contributed by atoms with Crippen LogP contribution in [-0.4, -0.2) is 35.4 Å². The molecular weight excluding hydrogens is 410 g/mol. The largest absolute Gasteiger partial charge is 0.322 e. The minimum Gasteiger partial charge on any atom is -0.322 e. The molecule has 162 valence electrons. The van der Waals surface area contributed by atoms with Gasteiger partial charge < -0.3 is 5.32 Å². The highest BCUT2D eigenvalue weighted by Crippen LogP contribution is 2.23. The van der Waals surface area contributed by atoms with Gasteiger partial charge in [-0.15, -0.1) is 0 Å². The summed E-state index contributed by atoms with van der Waals surface area (Å²) in [5, 5.41) is 22.5. The van der Waals surface area contributed by atoms with Crippen molar-refractivity contribution >= 4 is 17.3 Å². The van der Waals surface area contributed by atoms with E-state index in [2.05, 4.69) is 20.5 Å². The van der Waals surface area contributed by atoms with E-state index in [1.165, 1.54) is 6.33 Å². The van der Waals surface area contributed by atoms with E-state index in [9.17, 15) is 14.9 Å². The lowest BCUT2D eigenvalue weighted by atomic mass is 10.1. The Labute approximate surface area is 183 Å². The van der Waals surface area contributed by atoms with Gasteiger partial charge in [-0.25, -0.2) is 9.67 Å². The van der Waals surface area contributed by atoms with Gasteiger partial charge in [-0.05, 0) is 43.2 Å². The molecule has 0 atom stereocenters. The first-order valence-electron chi connectivity index (χ1n) is 9.91. The smallest absolute Gasteiger partial charge is 0.312 e. The van der Waals surface area contributed by atoms with Crippen molar-refractivity contribution in [3.05, 3.63) is 99.4 Å². The number of carbonyl (C=O) groups is 1. The molecule has 4 aromatic rings. The average molecular weight is 431 g/mol. The number of anilines is 1. The van der Waals surface area contributed by atoms with Gasteiger partial charge >= 0.3 is 5.69 Å². The topological polar surface area (TPSA) is 121 Å². The molecule has 2 heterocycles. The quantitative estimate of drug-likeness (QED) is 0.354. The van der Waals surface area contributed by atoms with E-state index in [-0.39, 0.29) is 11.6 Å². The molecule has 2 aromatic heterocycles. The van der Waals surface area contributed by atoms with Crippen LogP contribution in [0, 0.1) is 24.0 Å². The lowest BCUT2D eigenvalue weighted by Crippen LogP contribution is -2.14. The Morgan fingerprint density at radius 3 is 2.50 bits per heavy atom. The Morgan fingerprint density at radius 1 is 1.09 bits per heavy atom. The van der Waals surface area contributed by atoms with E-state index in [0.717, 1.165) is 11.1 Å². The number of benzene rings is 2. The van der Waals surface area contributed by atoms with Gasteiger partial charge in [0.2, 0.25) is 0 Å². The number of amides is 1. The van der Waals surface area contributed by atoms with Crippen LogP contribution in [0.4, 0.5) is 11.4 Å². The Morgan fingerprint density at radius 2 is 1.84 bits per heavy atom. The standard InChI is InChI=1S/C22H21N7O3/c1-15-21(29(31)32)16(2)28(26-15)11-17-7-9-18(10-8-17)22(30)25-20-6-4-3-5-19(20)12-27-14-23-13-24-27/h3-10,13-14H,11-12H2,1-2H3,(H,25,30). The minimum absolute atomic E-state index is 0.0329. The van der Waals surface area contributed by atoms with E-state index >= 15 is 0 Å². The number of nitrogens with one attached hydrogen (secondary N) is 1. The van der Waals surface area contributed by atoms with Crippen molar-refractivity contribution in [3.63, 3.8) is 0 Å². The van der Waals surface area contributed by atoms with Crippen LogP contribution >= 0.6 is 0 Å². The molecule has 0 fully saturated rings. The first-order valence-corrected chi connectivity index (χ1v) is 9.91. The third-order valence-electron chi connectivity index (χ3n) is 5.14. The average Bonchev–Trinajstić information content (AvgIpc) is 3.37. The Kier molecular flexibility index (Phi) is 5.75. The second-order valence-corrected chi connectivity index (χ2v) is 7.34. The molecule has 0 saturated heterocycles. The number of hydrogen-bond donors (Lipinski definition) is 1. The summed E-state index contributed by atoms with van der Waals surface area (Å²) in [7, 11) is 0. The van der Waals surface area contributed by atoms with Gasteiger partial charge in [0, 0.05) is 11.3 Å². The molecule has 1 N–H and O–H groups in total. The monoisotopic (exact) mass is 431 g/mol. The van der Waals surface area contributed by atoms with Gasteiger partial charge in [-0.1, -0.05) is 30.3 Å². The summed E-state index contributed by atoms with van der Waals surface area (Å²) in [5.41, 5.74) is 3.91. The van der Waals surface area contributed by atoms with E-state index in [1.807, 2.05) is 36.4 Å². The normalized spacial score (nSPS) is 10.8. The Balaban J connectivity index is 1.47. The fraction of sp³-hybridized carbons (Fsp3) is 0.182. The zero-order valence-electron chi connectivity index (χ0n) is 17.6. The van der Waals surface area contributed by atoms with Crippen molar-refractivity contribution in [1.29, 1.82) is 0 Å². The molecule has 32 heavy (non-hydrogen) atoms. The molecule has 0 unspecified atom stereocenters. The number of para-hydroxylation sites is 1. The van der Waals surface area contributed by atoms with Crippen LogP contribution in [0.25, 0.3) is 0 Å². The number of aryl methyl sites for hydroxylation is 1. The van der Waals surface area contributed by atoms with Gasteiger partial charge in [0.15, 0.2) is 0 Å². The molecule has 0 saturated carbocycles. The van der Waals surface area contributed by atoms with Crippen molar-refractivity contribution < 1.29 is 9.72 Å². The number of nitro groups is 1. The van der Waals surface area contributed by atoms with Gasteiger partial charge in [0.05, 0.1) is 18.0 Å². The van der Waals surface area contributed by atoms with Gasteiger partial charge in [-0.2, -0.15) is 10.2 Å². The molecular formula is C22H21N7O3. The number of rotatable bonds is 7. The maximum Gasteiger partial charge on any atom is 0.312 e. The zero-order valence-corrected chi connectivity index (χ0v) is 17.6. The Hall–Kier alpha value is -4.34. The van der Waals surface area contributed by atoms with Crippen molar-refractivity contribution in [2.24, 2.45) is 0 Å². The molecule has 10 nitrogen and oxygen atoms in total. The predicted octanol–water partition coefficient (Wildman–Crippen LogP) is 3.35. The third-order valence-corrected chi connectivity index (χ3v) is 5.14. The molecule has 0 aliphatic rings. The first-order chi connectivity index (χ1) is 15.4. The molecule has 4 rings (SSSR count). The summed E-state index contributed by atoms with van der Waals surface area (Å²) in [6.07, 6.45) is 3.09. The number of carbonyl (C=O) groups excluding carboxylic acids is 1. The van der Waals surface area contributed by atoms with Crippen LogP contribution in [0.2, 0.25) is 0 Å². The molecule has 1 amide bonds. The SMILES string of the molecule is Cc1nn(Cc2ccc(C(=O)Nc3ccccc3Cn3cncn3)cc2)c(C)c1[N+](=O)[O-]. The maximum atomic E-state index is 12.8. The third kappa shape index (κ3) is 4.38. The molecule has 0 radical (unpaired) electrons. The molecule has 10 heteroatoms. The first kappa shape index (κ1) is 20.9. The Bertz CT molecular complexity index is 1260. The van der Waals surface area contributed by atoms with Crippen LogP contribution < -0.4 is 5.32 Å². The summed E-state index contributed by atoms with van der Waals surface area (Å²) >= 11 is 0. The summed E-state index contributed by atoms with van der Waals surface area (Å²) in [4.78, 5) is 27.5. The van der Waals surface area contributed by atoms with Crippen LogP contribution in [0.3, 0.4) is 0 Å². The van der Waals surface area contributed by atoms with Crippen molar-refractivity contribution in [1.82, 2.24) is 24.5 Å². The number of aromatic nitrogens is 5. The van der Waals surface area contributed by atoms with Crippen molar-refractivity contribution in [2.45, 2.75) is 26.9 Å². The van der Waals surface area contributed by atoms with E-state index in [4.69, 9.17) is 0 Å². The number of hydrogen-bond acceptors (Lipinski definition) is 6. The minimum atomic E-state index is -0.414. The summed E-state index contributed by atoms with van der Waals surface area (Å²) < 4.78 is 3.28. The van der Waals surface area contributed by atoms with E-state index in [0.29, 0.717) is 35.7 Å². The highest BCUT2D eigenvalue weighted by atomic mass is 16.6. The van der Waals surface area contributed by atoms with Crippen LogP contribution in [0.1, 0.15) is 32.9 Å². The lowest BCUT2D eigenvalue weighted by molar-refractivity contribution is -0.386. The molecule has 2 aromatic carbocycles. The van der Waals surface area contributed by atoms with Crippen molar-refractivity contribution in [3.8, 4) is 0 Å². The molecule has 0 spiro atoms. The number of nitrogens with zero attached hydrogens (tertiary/aromatic N) is 6. The van der Waals surface area contributed by atoms with Crippen LogP contribution in [0.15, 0.2) is 61.2 Å². The molecule has 0 aliphatic heterocycles. The highest BCUT2D eigenvalue weighted by molar-refractivity contribution is 6.04. The fourth-order valence-corrected chi connectivity index (χ4v) is 3.50. The van der Waals surface area contributed by atoms with Gasteiger partial charge in [0.25, 0.3) is 5.91 Å². The van der Waals surface area contributed by atoms with Gasteiger partial charge in [0.1, 0.15) is 24.0 Å². The van der Waals surface area contributed by atoms with Crippen LogP contribution in [0.5, 0.6) is 0 Å². The van der Waals surface area contributed by atoms with Crippen LogP contribution in [-0.2, 0) is 13.1 Å². The highest BCUT2D eigenvalue weighted by Gasteiger charge is 2.21. The van der Waals surface area contributed by atoms with Gasteiger partial charge in [-0.3, -0.25) is 19.6 Å². The van der Waals surface area contributed by atoms with E-state index < -0.39 is 4.92 Å². The second-order valence-electron chi connectivity index (χ2n) is 7.34. The van der Waals surface area contributed by atoms with E-state index in [1.54, 1.807) is 41.7 Å². The summed E-state index contributed by atoms with van der Waals surface area (Å²) in [6, 6.07) is 14.6. The maximum absolute atomic E-state index is 12.8. The van der Waals surface area contributed by atoms with Crippen molar-refractivity contribution in [2.75, 3.05) is 5.32 Å². The fourth-order valence-electron chi connectivity index (χ4n) is 3.50. The second kappa shape index (κ2) is 8.80. The molecule has 0 bridgehead atoms. The zero-order chi connectivity index (χ0) is 22.7. The summed E-state index contributed by atoms with van der Waals surface area (Å²) in [5.74, 6) is -0.232.